The molecule has 0 saturated carbocycles. The van der Waals surface area contributed by atoms with Gasteiger partial charge < -0.3 is 10.1 Å². The molecule has 0 amide bonds. The number of alkyl halides is 3. The summed E-state index contributed by atoms with van der Waals surface area (Å²) in [5.41, 5.74) is -3.48. The number of ether oxygens (including phenoxy) is 1. The minimum atomic E-state index is -4.28. The molecule has 0 saturated heterocycles. The van der Waals surface area contributed by atoms with Crippen molar-refractivity contribution >= 4 is 17.7 Å². The standard InChI is InChI=1S/C14H18F3NO2S/c1-9(2)12(13(19)20-3)18-8-10-4-6-11(7-5-10)21-14(15,16)17/h4-7,9,12,18H,8H2,1-3H3/t12-/m0/s1. The van der Waals surface area contributed by atoms with E-state index in [2.05, 4.69) is 5.32 Å². The number of nitrogens with one attached hydrogen (secondary N) is 1. The van der Waals surface area contributed by atoms with E-state index >= 15 is 0 Å². The fourth-order valence-corrected chi connectivity index (χ4v) is 2.29. The van der Waals surface area contributed by atoms with E-state index < -0.39 is 11.6 Å². The van der Waals surface area contributed by atoms with Gasteiger partial charge in [-0.2, -0.15) is 13.2 Å². The van der Waals surface area contributed by atoms with Gasteiger partial charge in [-0.05, 0) is 35.4 Å². The SMILES string of the molecule is COC(=O)[C@@H](NCc1ccc(SC(F)(F)F)cc1)C(C)C. The number of methoxy groups -OCH3 is 1. The third-order valence-corrected chi connectivity index (χ3v) is 3.54. The van der Waals surface area contributed by atoms with E-state index in [9.17, 15) is 18.0 Å². The zero-order valence-corrected chi connectivity index (χ0v) is 12.8. The van der Waals surface area contributed by atoms with Gasteiger partial charge in [-0.15, -0.1) is 0 Å². The molecule has 21 heavy (non-hydrogen) atoms. The van der Waals surface area contributed by atoms with Gasteiger partial charge >= 0.3 is 11.5 Å². The van der Waals surface area contributed by atoms with Crippen LogP contribution in [0.4, 0.5) is 13.2 Å². The van der Waals surface area contributed by atoms with Crippen molar-refractivity contribution in [1.82, 2.24) is 5.32 Å². The normalized spacial score (nSPS) is 13.3. The van der Waals surface area contributed by atoms with Crippen molar-refractivity contribution in [2.45, 2.75) is 36.8 Å². The second kappa shape index (κ2) is 7.70. The van der Waals surface area contributed by atoms with Gasteiger partial charge in [-0.25, -0.2) is 0 Å². The molecule has 0 aliphatic rings. The third-order valence-electron chi connectivity index (χ3n) is 2.80. The zero-order chi connectivity index (χ0) is 16.0. The van der Waals surface area contributed by atoms with Crippen LogP contribution in [0.3, 0.4) is 0 Å². The van der Waals surface area contributed by atoms with Gasteiger partial charge in [0.15, 0.2) is 0 Å². The van der Waals surface area contributed by atoms with Crippen LogP contribution in [0.15, 0.2) is 29.2 Å². The van der Waals surface area contributed by atoms with Crippen LogP contribution < -0.4 is 5.32 Å². The average Bonchev–Trinajstić information content (AvgIpc) is 2.38. The van der Waals surface area contributed by atoms with Gasteiger partial charge in [0, 0.05) is 11.4 Å². The molecular formula is C14H18F3NO2S. The largest absolute Gasteiger partial charge is 0.468 e. The lowest BCUT2D eigenvalue weighted by atomic mass is 10.0. The van der Waals surface area contributed by atoms with Crippen LogP contribution in [0.2, 0.25) is 0 Å². The maximum Gasteiger partial charge on any atom is 0.446 e. The Kier molecular flexibility index (Phi) is 6.54. The van der Waals surface area contributed by atoms with Gasteiger partial charge in [0.2, 0.25) is 0 Å². The number of rotatable bonds is 6. The smallest absolute Gasteiger partial charge is 0.446 e. The number of hydrogen-bond acceptors (Lipinski definition) is 4. The Morgan fingerprint density at radius 2 is 1.86 bits per heavy atom. The summed E-state index contributed by atoms with van der Waals surface area (Å²) in [5, 5.41) is 3.05. The fourth-order valence-electron chi connectivity index (χ4n) is 1.75. The quantitative estimate of drug-likeness (QED) is 0.642. The predicted molar refractivity (Wildman–Crippen MR) is 75.8 cm³/mol. The number of hydrogen-bond donors (Lipinski definition) is 1. The van der Waals surface area contributed by atoms with Crippen LogP contribution in [0.5, 0.6) is 0 Å². The average molecular weight is 321 g/mol. The maximum atomic E-state index is 12.2. The molecule has 3 nitrogen and oxygen atoms in total. The summed E-state index contributed by atoms with van der Waals surface area (Å²) < 4.78 is 41.3. The molecule has 0 fully saturated rings. The van der Waals surface area contributed by atoms with Crippen molar-refractivity contribution in [2.75, 3.05) is 7.11 Å². The summed E-state index contributed by atoms with van der Waals surface area (Å²) in [7, 11) is 1.32. The molecule has 0 bridgehead atoms. The molecule has 0 spiro atoms. The molecule has 1 atom stereocenters. The number of benzene rings is 1. The molecule has 0 radical (unpaired) electrons. The minimum absolute atomic E-state index is 0.0532. The summed E-state index contributed by atoms with van der Waals surface area (Å²) in [4.78, 5) is 11.7. The Hall–Kier alpha value is -1.21. The highest BCUT2D eigenvalue weighted by atomic mass is 32.2. The van der Waals surface area contributed by atoms with E-state index in [4.69, 9.17) is 4.74 Å². The van der Waals surface area contributed by atoms with Crippen molar-refractivity contribution in [3.63, 3.8) is 0 Å². The number of esters is 1. The summed E-state index contributed by atoms with van der Waals surface area (Å²) in [5.74, 6) is -0.299. The van der Waals surface area contributed by atoms with Crippen LogP contribution >= 0.6 is 11.8 Å². The topological polar surface area (TPSA) is 38.3 Å². The van der Waals surface area contributed by atoms with Crippen molar-refractivity contribution in [3.05, 3.63) is 29.8 Å². The Morgan fingerprint density at radius 3 is 2.29 bits per heavy atom. The second-order valence-corrected chi connectivity index (χ2v) is 5.96. The van der Waals surface area contributed by atoms with Crippen LogP contribution in [0, 0.1) is 5.92 Å². The molecule has 1 N–H and O–H groups in total. The highest BCUT2D eigenvalue weighted by molar-refractivity contribution is 8.00. The Bertz CT molecular complexity index is 460. The van der Waals surface area contributed by atoms with Crippen molar-refractivity contribution in [3.8, 4) is 0 Å². The van der Waals surface area contributed by atoms with Crippen molar-refractivity contribution in [2.24, 2.45) is 5.92 Å². The molecule has 1 aromatic rings. The monoisotopic (exact) mass is 321 g/mol. The van der Waals surface area contributed by atoms with Gasteiger partial charge in [-0.1, -0.05) is 26.0 Å². The van der Waals surface area contributed by atoms with Crippen molar-refractivity contribution in [1.29, 1.82) is 0 Å². The van der Waals surface area contributed by atoms with E-state index in [1.165, 1.54) is 19.2 Å². The summed E-state index contributed by atoms with van der Waals surface area (Å²) >= 11 is -0.147. The molecule has 0 unspecified atom stereocenters. The van der Waals surface area contributed by atoms with Crippen molar-refractivity contribution < 1.29 is 22.7 Å². The first-order valence-corrected chi connectivity index (χ1v) is 7.20. The number of carbonyl (C=O) groups is 1. The van der Waals surface area contributed by atoms with E-state index in [0.717, 1.165) is 5.56 Å². The van der Waals surface area contributed by atoms with E-state index in [1.54, 1.807) is 12.1 Å². The van der Waals surface area contributed by atoms with Gasteiger partial charge in [0.05, 0.1) is 7.11 Å². The fraction of sp³-hybridized carbons (Fsp3) is 0.500. The van der Waals surface area contributed by atoms with Crippen LogP contribution in [0.25, 0.3) is 0 Å². The van der Waals surface area contributed by atoms with E-state index in [-0.39, 0.29) is 28.5 Å². The van der Waals surface area contributed by atoms with E-state index in [0.29, 0.717) is 6.54 Å². The van der Waals surface area contributed by atoms with Gasteiger partial charge in [0.1, 0.15) is 6.04 Å². The number of halogens is 3. The first-order valence-electron chi connectivity index (χ1n) is 6.39. The number of thioether (sulfide) groups is 1. The zero-order valence-electron chi connectivity index (χ0n) is 12.0. The third kappa shape index (κ3) is 6.39. The molecule has 1 rings (SSSR count). The predicted octanol–water partition coefficient (Wildman–Crippen LogP) is 3.59. The highest BCUT2D eigenvalue weighted by Crippen LogP contribution is 2.36. The van der Waals surface area contributed by atoms with Gasteiger partial charge in [-0.3, -0.25) is 4.79 Å². The second-order valence-electron chi connectivity index (χ2n) is 4.82. The first-order chi connectivity index (χ1) is 9.73. The molecule has 0 aliphatic carbocycles. The molecule has 0 aliphatic heterocycles. The van der Waals surface area contributed by atoms with Crippen LogP contribution in [0.1, 0.15) is 19.4 Å². The van der Waals surface area contributed by atoms with Crippen LogP contribution in [-0.4, -0.2) is 24.6 Å². The molecule has 0 aromatic heterocycles. The van der Waals surface area contributed by atoms with Gasteiger partial charge in [0.25, 0.3) is 0 Å². The minimum Gasteiger partial charge on any atom is -0.468 e. The molecule has 1 aromatic carbocycles. The highest BCUT2D eigenvalue weighted by Gasteiger charge is 2.29. The Labute approximate surface area is 126 Å². The Morgan fingerprint density at radius 1 is 1.29 bits per heavy atom. The number of carbonyl (C=O) groups excluding carboxylic acids is 1. The molecule has 7 heteroatoms. The maximum absolute atomic E-state index is 12.2. The summed E-state index contributed by atoms with van der Waals surface area (Å²) in [6, 6.07) is 5.60. The molecule has 118 valence electrons. The summed E-state index contributed by atoms with van der Waals surface area (Å²) in [6.45, 7) is 4.16. The lowest BCUT2D eigenvalue weighted by Crippen LogP contribution is -2.41. The lowest BCUT2D eigenvalue weighted by molar-refractivity contribution is -0.144. The molecule has 0 heterocycles. The van der Waals surface area contributed by atoms with Crippen LogP contribution in [-0.2, 0) is 16.1 Å². The Balaban J connectivity index is 2.61. The summed E-state index contributed by atoms with van der Waals surface area (Å²) in [6.07, 6.45) is 0. The first kappa shape index (κ1) is 17.8. The molecular weight excluding hydrogens is 303 g/mol. The lowest BCUT2D eigenvalue weighted by Gasteiger charge is -2.19. The van der Waals surface area contributed by atoms with E-state index in [1.807, 2.05) is 13.8 Å².